The molecule has 0 radical (unpaired) electrons. The van der Waals surface area contributed by atoms with Crippen molar-refractivity contribution in [2.24, 2.45) is 11.1 Å². The van der Waals surface area contributed by atoms with Crippen LogP contribution in [0.5, 0.6) is 0 Å². The summed E-state index contributed by atoms with van der Waals surface area (Å²) >= 11 is 0. The topological polar surface area (TPSA) is 94.1 Å². The molecular formula is C19H29N5O2S. The summed E-state index contributed by atoms with van der Waals surface area (Å²) in [4.78, 5) is 7.30. The van der Waals surface area contributed by atoms with Gasteiger partial charge in [-0.2, -0.15) is 0 Å². The van der Waals surface area contributed by atoms with E-state index >= 15 is 0 Å². The van der Waals surface area contributed by atoms with E-state index < -0.39 is 10.0 Å². The summed E-state index contributed by atoms with van der Waals surface area (Å²) in [6.07, 6.45) is 3.77. The lowest BCUT2D eigenvalue weighted by Crippen LogP contribution is -2.27. The van der Waals surface area contributed by atoms with E-state index in [1.165, 1.54) is 25.0 Å². The molecule has 0 saturated heterocycles. The van der Waals surface area contributed by atoms with Gasteiger partial charge in [0.1, 0.15) is 5.82 Å². The van der Waals surface area contributed by atoms with Crippen molar-refractivity contribution < 1.29 is 8.42 Å². The molecule has 0 spiro atoms. The average molecular weight is 392 g/mol. The average Bonchev–Trinajstić information content (AvgIpc) is 3.31. The molecular weight excluding hydrogens is 362 g/mol. The van der Waals surface area contributed by atoms with Gasteiger partial charge in [-0.05, 0) is 56.0 Å². The van der Waals surface area contributed by atoms with Crippen LogP contribution in [-0.2, 0) is 16.6 Å². The van der Waals surface area contributed by atoms with Crippen LogP contribution in [0.25, 0.3) is 5.69 Å². The molecule has 0 amide bonds. The number of hydrogen-bond donors (Lipinski definition) is 1. The van der Waals surface area contributed by atoms with Crippen LogP contribution in [0.3, 0.4) is 0 Å². The molecule has 1 fully saturated rings. The Bertz CT molecular complexity index is 870. The van der Waals surface area contributed by atoms with Crippen molar-refractivity contribution in [1.82, 2.24) is 19.7 Å². The van der Waals surface area contributed by atoms with Gasteiger partial charge in [-0.3, -0.25) is 4.90 Å². The maximum Gasteiger partial charge on any atom is 0.238 e. The van der Waals surface area contributed by atoms with Crippen LogP contribution in [-0.4, -0.2) is 41.2 Å². The molecule has 1 aromatic carbocycles. The highest BCUT2D eigenvalue weighted by atomic mass is 32.2. The van der Waals surface area contributed by atoms with Gasteiger partial charge in [0.2, 0.25) is 10.0 Å². The number of rotatable bonds is 9. The van der Waals surface area contributed by atoms with E-state index in [0.717, 1.165) is 49.3 Å². The maximum atomic E-state index is 11.5. The number of nitrogens with zero attached hydrogens (tertiary/aromatic N) is 4. The minimum absolute atomic E-state index is 0.0937. The van der Waals surface area contributed by atoms with Crippen LogP contribution in [0.15, 0.2) is 29.2 Å². The van der Waals surface area contributed by atoms with E-state index in [2.05, 4.69) is 25.7 Å². The second kappa shape index (κ2) is 8.08. The summed E-state index contributed by atoms with van der Waals surface area (Å²) in [7, 11) is -3.70. The molecule has 0 bridgehead atoms. The van der Waals surface area contributed by atoms with Crippen molar-refractivity contribution >= 4 is 10.0 Å². The summed E-state index contributed by atoms with van der Waals surface area (Å²) in [6.45, 7) is 9.26. The molecule has 27 heavy (non-hydrogen) atoms. The van der Waals surface area contributed by atoms with Crippen molar-refractivity contribution in [2.75, 3.05) is 13.1 Å². The second-order valence-corrected chi connectivity index (χ2v) is 9.23. The van der Waals surface area contributed by atoms with Gasteiger partial charge in [0, 0.05) is 12.5 Å². The molecule has 7 nitrogen and oxygen atoms in total. The monoisotopic (exact) mass is 391 g/mol. The summed E-state index contributed by atoms with van der Waals surface area (Å²) < 4.78 is 24.8. The van der Waals surface area contributed by atoms with E-state index in [1.807, 2.05) is 4.68 Å². The van der Waals surface area contributed by atoms with Gasteiger partial charge in [-0.25, -0.2) is 23.2 Å². The van der Waals surface area contributed by atoms with Crippen LogP contribution < -0.4 is 5.14 Å². The molecule has 2 N–H and O–H groups in total. The zero-order chi connectivity index (χ0) is 19.6. The normalized spacial score (nSPS) is 15.0. The van der Waals surface area contributed by atoms with Gasteiger partial charge in [0.05, 0.1) is 17.1 Å². The first-order valence-corrected chi connectivity index (χ1v) is 11.1. The zero-order valence-corrected chi connectivity index (χ0v) is 17.1. The van der Waals surface area contributed by atoms with Crippen molar-refractivity contribution in [2.45, 2.75) is 57.4 Å². The molecule has 1 aromatic heterocycles. The van der Waals surface area contributed by atoms with Crippen molar-refractivity contribution in [1.29, 1.82) is 0 Å². The molecule has 1 aliphatic rings. The summed E-state index contributed by atoms with van der Waals surface area (Å²) in [5.74, 6) is 2.71. The van der Waals surface area contributed by atoms with E-state index in [0.29, 0.717) is 0 Å². The quantitative estimate of drug-likeness (QED) is 0.709. The lowest BCUT2D eigenvalue weighted by Gasteiger charge is -2.19. The highest BCUT2D eigenvalue weighted by molar-refractivity contribution is 7.89. The molecule has 0 atom stereocenters. The van der Waals surface area contributed by atoms with Gasteiger partial charge < -0.3 is 0 Å². The Kier molecular flexibility index (Phi) is 5.98. The lowest BCUT2D eigenvalue weighted by molar-refractivity contribution is 0.249. The molecule has 0 aliphatic heterocycles. The van der Waals surface area contributed by atoms with Gasteiger partial charge in [0.15, 0.2) is 5.82 Å². The highest BCUT2D eigenvalue weighted by Crippen LogP contribution is 2.30. The van der Waals surface area contributed by atoms with E-state index in [-0.39, 0.29) is 10.8 Å². The molecule has 1 heterocycles. The fourth-order valence-electron chi connectivity index (χ4n) is 3.19. The van der Waals surface area contributed by atoms with Gasteiger partial charge in [-0.1, -0.05) is 20.8 Å². The largest absolute Gasteiger partial charge is 0.296 e. The Morgan fingerprint density at radius 3 is 2.44 bits per heavy atom. The fourth-order valence-corrected chi connectivity index (χ4v) is 3.71. The summed E-state index contributed by atoms with van der Waals surface area (Å²) in [5.41, 5.74) is 0.786. The fraction of sp³-hybridized carbons (Fsp3) is 0.579. The molecule has 0 unspecified atom stereocenters. The minimum atomic E-state index is -3.70. The summed E-state index contributed by atoms with van der Waals surface area (Å²) in [6, 6.07) is 6.45. The number of nitrogens with two attached hydrogens (primary N) is 1. The SMILES string of the molecule is CCCN(Cc1nc(C(C)C)n(-c2ccc(S(N)(=O)=O)cc2)n1)CC1CC1. The number of primary sulfonamides is 1. The van der Waals surface area contributed by atoms with Gasteiger partial charge in [0.25, 0.3) is 0 Å². The van der Waals surface area contributed by atoms with Gasteiger partial charge in [-0.15, -0.1) is 5.10 Å². The Morgan fingerprint density at radius 1 is 1.26 bits per heavy atom. The maximum absolute atomic E-state index is 11.5. The first-order valence-electron chi connectivity index (χ1n) is 9.59. The van der Waals surface area contributed by atoms with Gasteiger partial charge >= 0.3 is 0 Å². The van der Waals surface area contributed by atoms with Crippen LogP contribution in [0.4, 0.5) is 0 Å². The smallest absolute Gasteiger partial charge is 0.238 e. The number of aromatic nitrogens is 3. The molecule has 3 rings (SSSR count). The third-order valence-corrected chi connectivity index (χ3v) is 5.65. The molecule has 1 aliphatic carbocycles. The summed E-state index contributed by atoms with van der Waals surface area (Å²) in [5, 5.41) is 9.91. The highest BCUT2D eigenvalue weighted by Gasteiger charge is 2.25. The van der Waals surface area contributed by atoms with E-state index in [4.69, 9.17) is 15.2 Å². The second-order valence-electron chi connectivity index (χ2n) is 7.67. The van der Waals surface area contributed by atoms with Crippen LogP contribution >= 0.6 is 0 Å². The predicted molar refractivity (Wildman–Crippen MR) is 105 cm³/mol. The number of sulfonamides is 1. The van der Waals surface area contributed by atoms with Crippen molar-refractivity contribution in [3.63, 3.8) is 0 Å². The van der Waals surface area contributed by atoms with Crippen LogP contribution in [0.2, 0.25) is 0 Å². The van der Waals surface area contributed by atoms with Crippen molar-refractivity contribution in [3.05, 3.63) is 35.9 Å². The number of benzene rings is 1. The lowest BCUT2D eigenvalue weighted by atomic mass is 10.2. The molecule has 2 aromatic rings. The molecule has 1 saturated carbocycles. The molecule has 148 valence electrons. The molecule has 8 heteroatoms. The Morgan fingerprint density at radius 2 is 1.93 bits per heavy atom. The zero-order valence-electron chi connectivity index (χ0n) is 16.3. The van der Waals surface area contributed by atoms with E-state index in [1.54, 1.807) is 12.1 Å². The Hall–Kier alpha value is -1.77. The van der Waals surface area contributed by atoms with Crippen LogP contribution in [0.1, 0.15) is 57.6 Å². The number of hydrogen-bond acceptors (Lipinski definition) is 5. The minimum Gasteiger partial charge on any atom is -0.296 e. The standard InChI is InChI=1S/C19H29N5O2S/c1-4-11-23(12-15-5-6-15)13-18-21-19(14(2)3)24(22-18)16-7-9-17(10-8-16)27(20,25)26/h7-10,14-15H,4-6,11-13H2,1-3H3,(H2,20,25,26). The predicted octanol–water partition coefficient (Wildman–Crippen LogP) is 2.66. The first kappa shape index (κ1) is 20.0. The first-order chi connectivity index (χ1) is 12.8. The Labute approximate surface area is 161 Å². The van der Waals surface area contributed by atoms with Crippen LogP contribution in [0, 0.1) is 5.92 Å². The third kappa shape index (κ3) is 5.15. The third-order valence-electron chi connectivity index (χ3n) is 4.72. The Balaban J connectivity index is 1.86. The van der Waals surface area contributed by atoms with Crippen molar-refractivity contribution in [3.8, 4) is 5.69 Å². The van der Waals surface area contributed by atoms with E-state index in [9.17, 15) is 8.42 Å².